The van der Waals surface area contributed by atoms with E-state index in [2.05, 4.69) is 97.1 Å². The van der Waals surface area contributed by atoms with Crippen molar-refractivity contribution in [3.05, 3.63) is 170 Å². The van der Waals surface area contributed by atoms with E-state index in [0.29, 0.717) is 16.7 Å². The number of benzene rings is 8. The average molecular weight is 578 g/mol. The predicted molar refractivity (Wildman–Crippen MR) is 190 cm³/mol. The molecular formula is C44H28O. The minimum absolute atomic E-state index is 0.120. The summed E-state index contributed by atoms with van der Waals surface area (Å²) in [5.74, 6) is 0. The Hall–Kier alpha value is -5.92. The summed E-state index contributed by atoms with van der Waals surface area (Å²) in [5.41, 5.74) is 8.29. The Labute approximate surface area is 268 Å². The lowest BCUT2D eigenvalue weighted by molar-refractivity contribution is 0.670. The Morgan fingerprint density at radius 2 is 0.956 bits per heavy atom. The highest BCUT2D eigenvalue weighted by Gasteiger charge is 2.22. The molecule has 210 valence electrons. The molecule has 8 aromatic carbocycles. The maximum Gasteiger partial charge on any atom is 0.143 e. The second-order valence-electron chi connectivity index (χ2n) is 11.3. The molecule has 9 aromatic rings. The Balaban J connectivity index is 1.39. The maximum absolute atomic E-state index is 8.78. The summed E-state index contributed by atoms with van der Waals surface area (Å²) < 4.78 is 49.0. The van der Waals surface area contributed by atoms with Crippen molar-refractivity contribution in [2.24, 2.45) is 0 Å². The van der Waals surface area contributed by atoms with Gasteiger partial charge in [0.25, 0.3) is 0 Å². The third-order valence-electron chi connectivity index (χ3n) is 8.75. The fourth-order valence-electron chi connectivity index (χ4n) is 6.83. The summed E-state index contributed by atoms with van der Waals surface area (Å²) >= 11 is 0. The van der Waals surface area contributed by atoms with Crippen molar-refractivity contribution in [1.29, 1.82) is 0 Å². The Bertz CT molecular complexity index is 2730. The molecule has 0 aliphatic heterocycles. The molecule has 45 heavy (non-hydrogen) atoms. The molecule has 1 heteroatoms. The SMILES string of the molecule is [2H]c1c([2H])c([2H])c(-c2ccc(-c3c4ccccc4c(-c4cccc(-c5ccccc5)c4)c4ccccc34)c3c2oc2ccccc23)c([2H])c1[2H]. The summed E-state index contributed by atoms with van der Waals surface area (Å²) in [6.07, 6.45) is 0. The zero-order valence-corrected chi connectivity index (χ0v) is 24.2. The van der Waals surface area contributed by atoms with Gasteiger partial charge in [-0.05, 0) is 78.7 Å². The van der Waals surface area contributed by atoms with Gasteiger partial charge < -0.3 is 4.42 Å². The summed E-state index contributed by atoms with van der Waals surface area (Å²) in [7, 11) is 0. The first kappa shape index (κ1) is 20.9. The zero-order valence-electron chi connectivity index (χ0n) is 29.2. The van der Waals surface area contributed by atoms with E-state index in [0.717, 1.165) is 65.7 Å². The van der Waals surface area contributed by atoms with Gasteiger partial charge in [0.2, 0.25) is 0 Å². The van der Waals surface area contributed by atoms with Crippen LogP contribution in [0.15, 0.2) is 174 Å². The van der Waals surface area contributed by atoms with Gasteiger partial charge in [0.1, 0.15) is 11.2 Å². The molecule has 0 fully saturated rings. The van der Waals surface area contributed by atoms with Gasteiger partial charge in [-0.3, -0.25) is 0 Å². The molecule has 1 nitrogen and oxygen atoms in total. The smallest absolute Gasteiger partial charge is 0.143 e. The molecule has 0 aliphatic rings. The van der Waals surface area contributed by atoms with E-state index in [-0.39, 0.29) is 29.7 Å². The van der Waals surface area contributed by atoms with Gasteiger partial charge in [0.05, 0.1) is 6.85 Å². The van der Waals surface area contributed by atoms with E-state index in [9.17, 15) is 0 Å². The Morgan fingerprint density at radius 1 is 0.400 bits per heavy atom. The van der Waals surface area contributed by atoms with Crippen LogP contribution in [0.1, 0.15) is 6.85 Å². The first-order valence-corrected chi connectivity index (χ1v) is 15.0. The van der Waals surface area contributed by atoms with E-state index in [1.807, 2.05) is 42.5 Å². The van der Waals surface area contributed by atoms with Gasteiger partial charge in [0, 0.05) is 16.3 Å². The standard InChI is InChI=1S/C44H28O/c1-3-14-29(15-4-1)31-18-13-19-32(28-31)41-34-20-7-9-22-36(34)42(37-23-10-8-21-35(37)41)39-27-26-33(30-16-5-2-6-17-30)44-43(39)38-24-11-12-25-40(38)45-44/h1-28H/i2D,5D,6D,16D,17D. The van der Waals surface area contributed by atoms with Gasteiger partial charge in [-0.2, -0.15) is 0 Å². The molecule has 0 saturated heterocycles. The summed E-state index contributed by atoms with van der Waals surface area (Å²) in [5, 5.41) is 6.10. The first-order chi connectivity index (χ1) is 24.4. The molecule has 0 saturated carbocycles. The highest BCUT2D eigenvalue weighted by atomic mass is 16.3. The van der Waals surface area contributed by atoms with Crippen LogP contribution in [0.2, 0.25) is 0 Å². The van der Waals surface area contributed by atoms with Crippen LogP contribution in [0.4, 0.5) is 0 Å². The predicted octanol–water partition coefficient (Wildman–Crippen LogP) is 12.6. The van der Waals surface area contributed by atoms with E-state index in [4.69, 9.17) is 11.3 Å². The summed E-state index contributed by atoms with van der Waals surface area (Å²) in [6, 6.07) is 46.1. The summed E-state index contributed by atoms with van der Waals surface area (Å²) in [6.45, 7) is 0. The Morgan fingerprint density at radius 3 is 1.67 bits per heavy atom. The molecule has 0 amide bonds. The van der Waals surface area contributed by atoms with Crippen LogP contribution < -0.4 is 0 Å². The minimum atomic E-state index is -0.423. The molecule has 0 bridgehead atoms. The normalized spacial score (nSPS) is 13.1. The molecule has 0 radical (unpaired) electrons. The average Bonchev–Trinajstić information content (AvgIpc) is 3.56. The van der Waals surface area contributed by atoms with Gasteiger partial charge in [0.15, 0.2) is 0 Å². The van der Waals surface area contributed by atoms with Crippen molar-refractivity contribution < 1.29 is 11.3 Å². The molecule has 0 N–H and O–H groups in total. The van der Waals surface area contributed by atoms with Crippen molar-refractivity contribution in [3.63, 3.8) is 0 Å². The van der Waals surface area contributed by atoms with Crippen LogP contribution in [-0.4, -0.2) is 0 Å². The molecular weight excluding hydrogens is 544 g/mol. The third-order valence-corrected chi connectivity index (χ3v) is 8.75. The Kier molecular flexibility index (Phi) is 4.81. The fourth-order valence-corrected chi connectivity index (χ4v) is 6.83. The first-order valence-electron chi connectivity index (χ1n) is 17.5. The lowest BCUT2D eigenvalue weighted by atomic mass is 9.84. The molecule has 0 aliphatic carbocycles. The van der Waals surface area contributed by atoms with Crippen molar-refractivity contribution in [2.75, 3.05) is 0 Å². The van der Waals surface area contributed by atoms with Crippen LogP contribution in [0.25, 0.3) is 88.0 Å². The lowest BCUT2D eigenvalue weighted by Crippen LogP contribution is -1.92. The molecule has 0 unspecified atom stereocenters. The minimum Gasteiger partial charge on any atom is -0.455 e. The van der Waals surface area contributed by atoms with Gasteiger partial charge >= 0.3 is 0 Å². The second-order valence-corrected chi connectivity index (χ2v) is 11.3. The lowest BCUT2D eigenvalue weighted by Gasteiger charge is -2.19. The highest BCUT2D eigenvalue weighted by molar-refractivity contribution is 6.26. The van der Waals surface area contributed by atoms with Crippen LogP contribution in [0.5, 0.6) is 0 Å². The van der Waals surface area contributed by atoms with E-state index < -0.39 is 6.04 Å². The number of para-hydroxylation sites is 1. The second kappa shape index (κ2) is 10.4. The van der Waals surface area contributed by atoms with E-state index in [1.165, 1.54) is 0 Å². The van der Waals surface area contributed by atoms with Crippen LogP contribution in [-0.2, 0) is 0 Å². The third kappa shape index (κ3) is 4.09. The van der Waals surface area contributed by atoms with Crippen LogP contribution >= 0.6 is 0 Å². The van der Waals surface area contributed by atoms with E-state index in [1.54, 1.807) is 0 Å². The number of furan rings is 1. The molecule has 0 atom stereocenters. The van der Waals surface area contributed by atoms with Gasteiger partial charge in [-0.1, -0.05) is 152 Å². The van der Waals surface area contributed by atoms with Gasteiger partial charge in [-0.25, -0.2) is 0 Å². The van der Waals surface area contributed by atoms with Crippen molar-refractivity contribution >= 4 is 43.5 Å². The molecule has 0 spiro atoms. The van der Waals surface area contributed by atoms with Crippen molar-refractivity contribution in [1.82, 2.24) is 0 Å². The largest absolute Gasteiger partial charge is 0.455 e. The fraction of sp³-hybridized carbons (Fsp3) is 0. The number of hydrogen-bond acceptors (Lipinski definition) is 1. The highest BCUT2D eigenvalue weighted by Crippen LogP contribution is 2.48. The maximum atomic E-state index is 8.78. The topological polar surface area (TPSA) is 13.1 Å². The van der Waals surface area contributed by atoms with Crippen molar-refractivity contribution in [3.8, 4) is 44.5 Å². The molecule has 1 aromatic heterocycles. The zero-order chi connectivity index (χ0) is 34.1. The molecule has 1 heterocycles. The molecule has 9 rings (SSSR count). The van der Waals surface area contributed by atoms with Crippen molar-refractivity contribution in [2.45, 2.75) is 0 Å². The number of hydrogen-bond donors (Lipinski definition) is 0. The van der Waals surface area contributed by atoms with Crippen LogP contribution in [0, 0.1) is 0 Å². The van der Waals surface area contributed by atoms with Gasteiger partial charge in [-0.15, -0.1) is 0 Å². The number of rotatable bonds is 4. The number of fused-ring (bicyclic) bond motifs is 5. The van der Waals surface area contributed by atoms with E-state index >= 15 is 0 Å². The quantitative estimate of drug-likeness (QED) is 0.190. The monoisotopic (exact) mass is 577 g/mol. The summed E-state index contributed by atoms with van der Waals surface area (Å²) in [4.78, 5) is 0. The van der Waals surface area contributed by atoms with Crippen LogP contribution in [0.3, 0.4) is 0 Å².